The molecule has 2 rings (SSSR count). The number of carbonyl (C=O) groups is 1. The molecular weight excluding hydrogens is 324 g/mol. The van der Waals surface area contributed by atoms with Crippen molar-refractivity contribution in [2.24, 2.45) is 0 Å². The lowest BCUT2D eigenvalue weighted by atomic mass is 10.2. The number of hydrogen-bond acceptors (Lipinski definition) is 2. The van der Waals surface area contributed by atoms with Crippen molar-refractivity contribution < 1.29 is 22.4 Å². The summed E-state index contributed by atoms with van der Waals surface area (Å²) in [7, 11) is 0. The lowest BCUT2D eigenvalue weighted by molar-refractivity contribution is -0.149. The van der Waals surface area contributed by atoms with Crippen LogP contribution in [0.4, 0.5) is 17.6 Å². The zero-order valence-electron chi connectivity index (χ0n) is 12.5. The second-order valence-corrected chi connectivity index (χ2v) is 4.91. The smallest absolute Gasteiger partial charge is 0.339 e. The second kappa shape index (κ2) is 7.13. The molecule has 3 nitrogen and oxygen atoms in total. The minimum Gasteiger partial charge on any atom is -0.339 e. The molecule has 0 aliphatic heterocycles. The molecule has 1 atom stereocenters. The first-order valence-corrected chi connectivity index (χ1v) is 6.87. The van der Waals surface area contributed by atoms with Gasteiger partial charge in [-0.25, -0.2) is 9.37 Å². The normalized spacial score (nSPS) is 12.0. The van der Waals surface area contributed by atoms with Crippen molar-refractivity contribution in [2.45, 2.75) is 19.1 Å². The van der Waals surface area contributed by atoms with Crippen LogP contribution < -0.4 is 5.32 Å². The lowest BCUT2D eigenvalue weighted by Gasteiger charge is -2.16. The molecule has 0 saturated heterocycles. The monoisotopic (exact) mass is 336 g/mol. The van der Waals surface area contributed by atoms with E-state index in [1.54, 1.807) is 29.6 Å². The van der Waals surface area contributed by atoms with Gasteiger partial charge in [0.05, 0.1) is 0 Å². The van der Waals surface area contributed by atoms with Crippen LogP contribution in [-0.2, 0) is 0 Å². The Morgan fingerprint density at radius 2 is 1.79 bits per heavy atom. The number of halogens is 4. The van der Waals surface area contributed by atoms with Crippen molar-refractivity contribution in [2.75, 3.05) is 0 Å². The van der Waals surface area contributed by atoms with Gasteiger partial charge in [0.25, 0.3) is 5.91 Å². The summed E-state index contributed by atoms with van der Waals surface area (Å²) in [5, 5.41) is 1.65. The minimum atomic E-state index is -4.62. The Bertz CT molecular complexity index is 792. The quantitative estimate of drug-likeness (QED) is 0.675. The Morgan fingerprint density at radius 3 is 2.38 bits per heavy atom. The van der Waals surface area contributed by atoms with E-state index in [0.29, 0.717) is 5.56 Å². The van der Waals surface area contributed by atoms with Gasteiger partial charge >= 0.3 is 6.18 Å². The third-order valence-corrected chi connectivity index (χ3v) is 3.02. The number of alkyl halides is 3. The average Bonchev–Trinajstić information content (AvgIpc) is 2.53. The molecule has 24 heavy (non-hydrogen) atoms. The standard InChI is InChI=1S/C17H12F4N2O/c1-11(17(19,20)21)23-16(24)15-14(18)9-13(10-22-15)8-7-12-5-3-2-4-6-12/h2-6,9-11H,1H3,(H,23,24). The van der Waals surface area contributed by atoms with Gasteiger partial charge in [-0.05, 0) is 25.1 Å². The zero-order chi connectivity index (χ0) is 17.7. The van der Waals surface area contributed by atoms with E-state index < -0.39 is 29.6 Å². The molecule has 0 bridgehead atoms. The summed E-state index contributed by atoms with van der Waals surface area (Å²) in [6.45, 7) is 0.759. The summed E-state index contributed by atoms with van der Waals surface area (Å²) in [6, 6.07) is 7.77. The van der Waals surface area contributed by atoms with Crippen LogP contribution in [0.25, 0.3) is 0 Å². The lowest BCUT2D eigenvalue weighted by Crippen LogP contribution is -2.43. The molecule has 0 spiro atoms. The maximum atomic E-state index is 13.9. The summed E-state index contributed by atoms with van der Waals surface area (Å²) in [6.07, 6.45) is -3.49. The fraction of sp³-hybridized carbons (Fsp3) is 0.176. The fourth-order valence-corrected chi connectivity index (χ4v) is 1.69. The Kier molecular flexibility index (Phi) is 5.19. The summed E-state index contributed by atoms with van der Waals surface area (Å²) in [5.74, 6) is 3.18. The maximum Gasteiger partial charge on any atom is 0.408 e. The molecule has 2 aromatic rings. The Hall–Kier alpha value is -2.88. The van der Waals surface area contributed by atoms with E-state index in [4.69, 9.17) is 0 Å². The molecule has 1 aromatic carbocycles. The van der Waals surface area contributed by atoms with Crippen molar-refractivity contribution in [3.8, 4) is 11.8 Å². The molecule has 1 heterocycles. The average molecular weight is 336 g/mol. The van der Waals surface area contributed by atoms with Crippen LogP contribution in [0.1, 0.15) is 28.5 Å². The fourth-order valence-electron chi connectivity index (χ4n) is 1.69. The summed E-state index contributed by atoms with van der Waals surface area (Å²) < 4.78 is 51.1. The molecule has 0 aliphatic rings. The highest BCUT2D eigenvalue weighted by Crippen LogP contribution is 2.20. The summed E-state index contributed by atoms with van der Waals surface area (Å²) >= 11 is 0. The number of benzene rings is 1. The number of nitrogens with zero attached hydrogens (tertiary/aromatic N) is 1. The SMILES string of the molecule is CC(NC(=O)c1ncc(C#Cc2ccccc2)cc1F)C(F)(F)F. The van der Waals surface area contributed by atoms with E-state index in [9.17, 15) is 22.4 Å². The highest BCUT2D eigenvalue weighted by atomic mass is 19.4. The van der Waals surface area contributed by atoms with Crippen molar-refractivity contribution in [1.29, 1.82) is 0 Å². The molecule has 0 fully saturated rings. The molecule has 0 radical (unpaired) electrons. The number of hydrogen-bond donors (Lipinski definition) is 1. The van der Waals surface area contributed by atoms with Gasteiger partial charge in [0, 0.05) is 17.3 Å². The van der Waals surface area contributed by atoms with Crippen molar-refractivity contribution >= 4 is 5.91 Å². The van der Waals surface area contributed by atoms with Gasteiger partial charge in [-0.3, -0.25) is 4.79 Å². The number of pyridine rings is 1. The van der Waals surface area contributed by atoms with Gasteiger partial charge in [0.15, 0.2) is 11.5 Å². The van der Waals surface area contributed by atoms with E-state index in [0.717, 1.165) is 19.2 Å². The molecule has 1 unspecified atom stereocenters. The predicted molar refractivity (Wildman–Crippen MR) is 79.6 cm³/mol. The Labute approximate surface area is 135 Å². The summed E-state index contributed by atoms with van der Waals surface area (Å²) in [5.41, 5.74) is 0.201. The van der Waals surface area contributed by atoms with Crippen molar-refractivity contribution in [3.05, 3.63) is 65.2 Å². The van der Waals surface area contributed by atoms with Crippen molar-refractivity contribution in [3.63, 3.8) is 0 Å². The predicted octanol–water partition coefficient (Wildman–Crippen LogP) is 3.30. The zero-order valence-corrected chi connectivity index (χ0v) is 12.5. The Balaban J connectivity index is 2.15. The molecule has 1 aromatic heterocycles. The number of amides is 1. The minimum absolute atomic E-state index is 0.205. The molecule has 0 saturated carbocycles. The second-order valence-electron chi connectivity index (χ2n) is 4.91. The number of carbonyl (C=O) groups excluding carboxylic acids is 1. The van der Waals surface area contributed by atoms with Gasteiger partial charge in [-0.2, -0.15) is 13.2 Å². The highest BCUT2D eigenvalue weighted by molar-refractivity contribution is 5.92. The van der Waals surface area contributed by atoms with E-state index >= 15 is 0 Å². The first kappa shape index (κ1) is 17.5. The molecule has 0 aliphatic carbocycles. The van der Waals surface area contributed by atoms with Gasteiger partial charge in [0.2, 0.25) is 0 Å². The molecule has 1 amide bonds. The van der Waals surface area contributed by atoms with E-state index in [-0.39, 0.29) is 5.56 Å². The first-order chi connectivity index (χ1) is 11.3. The van der Waals surface area contributed by atoms with E-state index in [1.807, 2.05) is 6.07 Å². The molecular formula is C17H12F4N2O. The van der Waals surface area contributed by atoms with Crippen LogP contribution in [0, 0.1) is 17.7 Å². The van der Waals surface area contributed by atoms with Gasteiger partial charge in [-0.15, -0.1) is 0 Å². The van der Waals surface area contributed by atoms with Gasteiger partial charge in [-0.1, -0.05) is 30.0 Å². The third-order valence-electron chi connectivity index (χ3n) is 3.02. The summed E-state index contributed by atoms with van der Waals surface area (Å²) in [4.78, 5) is 15.2. The largest absolute Gasteiger partial charge is 0.408 e. The van der Waals surface area contributed by atoms with Crippen LogP contribution >= 0.6 is 0 Å². The van der Waals surface area contributed by atoms with Gasteiger partial charge in [0.1, 0.15) is 6.04 Å². The number of aromatic nitrogens is 1. The van der Waals surface area contributed by atoms with Crippen LogP contribution in [0.2, 0.25) is 0 Å². The van der Waals surface area contributed by atoms with Crippen LogP contribution in [0.3, 0.4) is 0 Å². The first-order valence-electron chi connectivity index (χ1n) is 6.87. The molecule has 7 heteroatoms. The van der Waals surface area contributed by atoms with Crippen LogP contribution in [-0.4, -0.2) is 23.1 Å². The van der Waals surface area contributed by atoms with Crippen LogP contribution in [0.5, 0.6) is 0 Å². The molecule has 124 valence electrons. The molecule has 1 N–H and O–H groups in total. The number of nitrogens with one attached hydrogen (secondary N) is 1. The maximum absolute atomic E-state index is 13.9. The van der Waals surface area contributed by atoms with E-state index in [1.165, 1.54) is 0 Å². The van der Waals surface area contributed by atoms with Crippen LogP contribution in [0.15, 0.2) is 42.6 Å². The van der Waals surface area contributed by atoms with E-state index in [2.05, 4.69) is 16.8 Å². The topological polar surface area (TPSA) is 42.0 Å². The highest BCUT2D eigenvalue weighted by Gasteiger charge is 2.37. The Morgan fingerprint density at radius 1 is 1.17 bits per heavy atom. The van der Waals surface area contributed by atoms with Crippen molar-refractivity contribution in [1.82, 2.24) is 10.3 Å². The number of rotatable bonds is 2. The van der Waals surface area contributed by atoms with Gasteiger partial charge < -0.3 is 5.32 Å². The third kappa shape index (κ3) is 4.56.